The van der Waals surface area contributed by atoms with E-state index in [4.69, 9.17) is 4.74 Å². The topological polar surface area (TPSA) is 96.5 Å². The molecule has 2 aromatic carbocycles. The molecule has 3 N–H and O–H groups in total. The summed E-state index contributed by atoms with van der Waals surface area (Å²) in [4.78, 5) is 37.7. The van der Waals surface area contributed by atoms with Gasteiger partial charge in [-0.3, -0.25) is 14.4 Å². The summed E-state index contributed by atoms with van der Waals surface area (Å²) in [5.74, 6) is -0.776. The number of carbonyl (C=O) groups is 3. The van der Waals surface area contributed by atoms with Crippen molar-refractivity contribution in [3.8, 4) is 0 Å². The molecule has 1 fully saturated rings. The predicted molar refractivity (Wildman–Crippen MR) is 120 cm³/mol. The van der Waals surface area contributed by atoms with Crippen LogP contribution in [0.5, 0.6) is 0 Å². The van der Waals surface area contributed by atoms with Crippen LogP contribution < -0.4 is 16.0 Å². The van der Waals surface area contributed by atoms with Crippen molar-refractivity contribution in [2.45, 2.75) is 39.7 Å². The van der Waals surface area contributed by atoms with Crippen LogP contribution in [0.2, 0.25) is 0 Å². The van der Waals surface area contributed by atoms with Gasteiger partial charge < -0.3 is 20.7 Å². The largest absolute Gasteiger partial charge is 0.376 e. The number of para-hydroxylation sites is 1. The number of hydrogen-bond donors (Lipinski definition) is 3. The second-order valence-electron chi connectivity index (χ2n) is 8.63. The zero-order chi connectivity index (χ0) is 22.4. The molecule has 31 heavy (non-hydrogen) atoms. The molecule has 0 spiro atoms. The molecule has 0 aromatic heterocycles. The number of ether oxygens (including phenoxy) is 1. The third kappa shape index (κ3) is 6.15. The second-order valence-corrected chi connectivity index (χ2v) is 8.63. The van der Waals surface area contributed by atoms with Gasteiger partial charge in [0.25, 0.3) is 11.8 Å². The average Bonchev–Trinajstić information content (AvgIpc) is 3.25. The lowest BCUT2D eigenvalue weighted by molar-refractivity contribution is -0.123. The van der Waals surface area contributed by atoms with Gasteiger partial charge in [0.2, 0.25) is 5.91 Å². The Balaban J connectivity index is 1.68. The molecule has 3 amide bonds. The van der Waals surface area contributed by atoms with Gasteiger partial charge in [-0.15, -0.1) is 0 Å². The number of amides is 3. The van der Waals surface area contributed by atoms with Crippen LogP contribution in [0.1, 0.15) is 54.3 Å². The summed E-state index contributed by atoms with van der Waals surface area (Å²) in [5, 5.41) is 8.50. The van der Waals surface area contributed by atoms with Gasteiger partial charge in [0.05, 0.1) is 17.4 Å². The zero-order valence-electron chi connectivity index (χ0n) is 18.2. The molecule has 1 heterocycles. The number of benzene rings is 2. The molecule has 7 heteroatoms. The summed E-state index contributed by atoms with van der Waals surface area (Å²) in [6.45, 7) is 6.62. The highest BCUT2D eigenvalue weighted by Gasteiger charge is 2.22. The van der Waals surface area contributed by atoms with E-state index in [1.165, 1.54) is 0 Å². The standard InChI is InChI=1S/C24H29N3O4/c1-24(2,3)23(30)26-17-9-6-8-16(14-17)21(28)27-20-12-5-4-11-19(20)22(29)25-15-18-10-7-13-31-18/h4-6,8-9,11-12,14,18H,7,10,13,15H2,1-3H3,(H,25,29)(H,26,30)(H,27,28). The smallest absolute Gasteiger partial charge is 0.255 e. The summed E-state index contributed by atoms with van der Waals surface area (Å²) in [5.41, 5.74) is 1.16. The summed E-state index contributed by atoms with van der Waals surface area (Å²) >= 11 is 0. The van der Waals surface area contributed by atoms with E-state index in [1.54, 1.807) is 48.5 Å². The maximum absolute atomic E-state index is 12.8. The summed E-state index contributed by atoms with van der Waals surface area (Å²) in [6, 6.07) is 13.6. The van der Waals surface area contributed by atoms with Crippen LogP contribution in [-0.4, -0.2) is 37.0 Å². The van der Waals surface area contributed by atoms with E-state index >= 15 is 0 Å². The van der Waals surface area contributed by atoms with Crippen molar-refractivity contribution < 1.29 is 19.1 Å². The van der Waals surface area contributed by atoms with Crippen LogP contribution >= 0.6 is 0 Å². The van der Waals surface area contributed by atoms with E-state index in [-0.39, 0.29) is 23.8 Å². The Morgan fingerprint density at radius 2 is 1.77 bits per heavy atom. The van der Waals surface area contributed by atoms with Gasteiger partial charge in [-0.2, -0.15) is 0 Å². The van der Waals surface area contributed by atoms with E-state index in [0.29, 0.717) is 29.0 Å². The molecule has 1 aliphatic heterocycles. The van der Waals surface area contributed by atoms with Crippen molar-refractivity contribution in [2.75, 3.05) is 23.8 Å². The fourth-order valence-electron chi connectivity index (χ4n) is 3.15. The highest BCUT2D eigenvalue weighted by atomic mass is 16.5. The Morgan fingerprint density at radius 3 is 2.48 bits per heavy atom. The molecule has 1 unspecified atom stereocenters. The minimum absolute atomic E-state index is 0.0387. The van der Waals surface area contributed by atoms with E-state index in [2.05, 4.69) is 16.0 Å². The van der Waals surface area contributed by atoms with Crippen LogP contribution in [0.4, 0.5) is 11.4 Å². The maximum Gasteiger partial charge on any atom is 0.255 e. The monoisotopic (exact) mass is 423 g/mol. The first-order chi connectivity index (χ1) is 14.7. The van der Waals surface area contributed by atoms with Crippen molar-refractivity contribution in [2.24, 2.45) is 5.41 Å². The molecule has 1 saturated heterocycles. The molecule has 164 valence electrons. The van der Waals surface area contributed by atoms with Crippen LogP contribution in [0.3, 0.4) is 0 Å². The molecule has 0 saturated carbocycles. The molecule has 0 bridgehead atoms. The molecule has 0 aliphatic carbocycles. The number of carbonyl (C=O) groups excluding carboxylic acids is 3. The van der Waals surface area contributed by atoms with Crippen molar-refractivity contribution in [3.63, 3.8) is 0 Å². The predicted octanol–water partition coefficient (Wildman–Crippen LogP) is 3.83. The minimum Gasteiger partial charge on any atom is -0.376 e. The van der Waals surface area contributed by atoms with E-state index in [9.17, 15) is 14.4 Å². The van der Waals surface area contributed by atoms with Crippen LogP contribution in [-0.2, 0) is 9.53 Å². The van der Waals surface area contributed by atoms with E-state index in [1.807, 2.05) is 20.8 Å². The summed E-state index contributed by atoms with van der Waals surface area (Å²) < 4.78 is 5.54. The molecule has 1 atom stereocenters. The molecule has 3 rings (SSSR count). The van der Waals surface area contributed by atoms with E-state index in [0.717, 1.165) is 19.4 Å². The van der Waals surface area contributed by atoms with Gasteiger partial charge in [-0.1, -0.05) is 39.0 Å². The first-order valence-electron chi connectivity index (χ1n) is 10.5. The third-order valence-electron chi connectivity index (χ3n) is 5.00. The summed E-state index contributed by atoms with van der Waals surface area (Å²) in [6.07, 6.45) is 1.97. The lowest BCUT2D eigenvalue weighted by atomic mass is 9.95. The van der Waals surface area contributed by atoms with Gasteiger partial charge in [-0.05, 0) is 43.2 Å². The molecular weight excluding hydrogens is 394 g/mol. The first kappa shape index (κ1) is 22.5. The van der Waals surface area contributed by atoms with Gasteiger partial charge >= 0.3 is 0 Å². The van der Waals surface area contributed by atoms with Gasteiger partial charge in [0.15, 0.2) is 0 Å². The number of anilines is 2. The number of rotatable bonds is 6. The minimum atomic E-state index is -0.548. The van der Waals surface area contributed by atoms with Crippen molar-refractivity contribution >= 4 is 29.1 Å². The van der Waals surface area contributed by atoms with Crippen LogP contribution in [0, 0.1) is 5.41 Å². The highest BCUT2D eigenvalue weighted by Crippen LogP contribution is 2.20. The fraction of sp³-hybridized carbons (Fsp3) is 0.375. The van der Waals surface area contributed by atoms with Gasteiger partial charge in [-0.25, -0.2) is 0 Å². The summed E-state index contributed by atoms with van der Waals surface area (Å²) in [7, 11) is 0. The lowest BCUT2D eigenvalue weighted by Crippen LogP contribution is -2.32. The Bertz CT molecular complexity index is 959. The molecule has 2 aromatic rings. The Kier molecular flexibility index (Phi) is 7.07. The third-order valence-corrected chi connectivity index (χ3v) is 5.00. The number of nitrogens with one attached hydrogen (secondary N) is 3. The van der Waals surface area contributed by atoms with Gasteiger partial charge in [0, 0.05) is 29.8 Å². The quantitative estimate of drug-likeness (QED) is 0.658. The van der Waals surface area contributed by atoms with Crippen molar-refractivity contribution in [1.29, 1.82) is 0 Å². The Hall–Kier alpha value is -3.19. The normalized spacial score (nSPS) is 15.9. The average molecular weight is 424 g/mol. The van der Waals surface area contributed by atoms with Gasteiger partial charge in [0.1, 0.15) is 0 Å². The zero-order valence-corrected chi connectivity index (χ0v) is 18.2. The second kappa shape index (κ2) is 9.75. The Morgan fingerprint density at radius 1 is 1.00 bits per heavy atom. The fourth-order valence-corrected chi connectivity index (χ4v) is 3.15. The van der Waals surface area contributed by atoms with Crippen LogP contribution in [0.25, 0.3) is 0 Å². The highest BCUT2D eigenvalue weighted by molar-refractivity contribution is 6.09. The van der Waals surface area contributed by atoms with E-state index < -0.39 is 5.41 Å². The molecule has 1 aliphatic rings. The SMILES string of the molecule is CC(C)(C)C(=O)Nc1cccc(C(=O)Nc2ccccc2C(=O)NCC2CCCO2)c1. The molecule has 7 nitrogen and oxygen atoms in total. The number of hydrogen-bond acceptors (Lipinski definition) is 4. The first-order valence-corrected chi connectivity index (χ1v) is 10.5. The van der Waals surface area contributed by atoms with Crippen LogP contribution in [0.15, 0.2) is 48.5 Å². The van der Waals surface area contributed by atoms with Crippen molar-refractivity contribution in [1.82, 2.24) is 5.32 Å². The van der Waals surface area contributed by atoms with Crippen molar-refractivity contribution in [3.05, 3.63) is 59.7 Å². The molecular formula is C24H29N3O4. The maximum atomic E-state index is 12.8. The lowest BCUT2D eigenvalue weighted by Gasteiger charge is -2.18. The Labute approximate surface area is 182 Å². The molecule has 0 radical (unpaired) electrons.